The van der Waals surface area contributed by atoms with E-state index in [9.17, 15) is 14.1 Å². The first-order valence-corrected chi connectivity index (χ1v) is 9.97. The van der Waals surface area contributed by atoms with Crippen LogP contribution in [0.3, 0.4) is 0 Å². The first kappa shape index (κ1) is 18.7. The number of pyridine rings is 1. The highest BCUT2D eigenvalue weighted by Crippen LogP contribution is 2.31. The van der Waals surface area contributed by atoms with Gasteiger partial charge in [-0.1, -0.05) is 0 Å². The average molecular weight is 385 g/mol. The van der Waals surface area contributed by atoms with Gasteiger partial charge in [-0.15, -0.1) is 0 Å². The maximum Gasteiger partial charge on any atom is 0.250 e. The summed E-state index contributed by atoms with van der Waals surface area (Å²) in [4.78, 5) is 16.0. The van der Waals surface area contributed by atoms with Gasteiger partial charge in [0.25, 0.3) is 5.91 Å². The molecule has 2 aromatic carbocycles. The van der Waals surface area contributed by atoms with E-state index in [1.807, 2.05) is 0 Å². The Bertz CT molecular complexity index is 1150. The van der Waals surface area contributed by atoms with Crippen LogP contribution in [-0.4, -0.2) is 33.6 Å². The number of nitrogens with one attached hydrogen (secondary N) is 1. The van der Waals surface area contributed by atoms with Crippen molar-refractivity contribution in [3.63, 3.8) is 0 Å². The second-order valence-corrected chi connectivity index (χ2v) is 8.25. The van der Waals surface area contributed by atoms with Crippen LogP contribution in [0, 0.1) is 0 Å². The first-order chi connectivity index (χ1) is 12.8. The molecule has 0 saturated carbocycles. The molecule has 0 bridgehead atoms. The molecule has 0 spiro atoms. The van der Waals surface area contributed by atoms with E-state index in [1.54, 1.807) is 42.6 Å². The minimum absolute atomic E-state index is 0.0627. The van der Waals surface area contributed by atoms with E-state index in [1.165, 1.54) is 26.4 Å². The van der Waals surface area contributed by atoms with E-state index in [0.29, 0.717) is 32.9 Å². The lowest BCUT2D eigenvalue weighted by Crippen LogP contribution is -2.01. The lowest BCUT2D eigenvalue weighted by molar-refractivity contribution is -0.115. The second-order valence-electron chi connectivity index (χ2n) is 6.00. The number of carbonyl (C=O) groups is 1. The van der Waals surface area contributed by atoms with Crippen LogP contribution in [0.2, 0.25) is 0 Å². The summed E-state index contributed by atoms with van der Waals surface area (Å²) < 4.78 is 21.7. The Balaban J connectivity index is 2.11. The van der Waals surface area contributed by atoms with Gasteiger partial charge in [-0.25, -0.2) is 4.21 Å². The molecule has 1 atom stereocenters. The van der Waals surface area contributed by atoms with Crippen molar-refractivity contribution in [1.82, 2.24) is 4.98 Å². The molecule has 8 heteroatoms. The molecule has 0 aliphatic carbocycles. The van der Waals surface area contributed by atoms with Crippen molar-refractivity contribution in [2.45, 2.75) is 11.8 Å². The van der Waals surface area contributed by atoms with Crippen LogP contribution in [-0.2, 0) is 14.5 Å². The molecule has 7 nitrogen and oxygen atoms in total. The molecule has 1 aromatic heterocycles. The Kier molecular flexibility index (Phi) is 5.00. The highest BCUT2D eigenvalue weighted by molar-refractivity contribution is 7.93. The van der Waals surface area contributed by atoms with E-state index in [4.69, 9.17) is 4.74 Å². The second kappa shape index (κ2) is 7.24. The number of benzene rings is 2. The number of aromatic nitrogens is 1. The lowest BCUT2D eigenvalue weighted by atomic mass is 10.1. The predicted molar refractivity (Wildman–Crippen MR) is 105 cm³/mol. The van der Waals surface area contributed by atoms with Crippen molar-refractivity contribution >= 4 is 37.9 Å². The third-order valence-corrected chi connectivity index (χ3v) is 5.59. The minimum Gasteiger partial charge on any atom is -0.508 e. The van der Waals surface area contributed by atoms with Crippen LogP contribution in [0.5, 0.6) is 11.5 Å². The lowest BCUT2D eigenvalue weighted by Gasteiger charge is -2.12. The number of aromatic hydroxyl groups is 1. The third kappa shape index (κ3) is 4.17. The molecule has 27 heavy (non-hydrogen) atoms. The summed E-state index contributed by atoms with van der Waals surface area (Å²) in [6.07, 6.45) is 3.08. The van der Waals surface area contributed by atoms with Gasteiger partial charge >= 0.3 is 0 Å². The first-order valence-electron chi connectivity index (χ1n) is 8.05. The number of amides is 1. The summed E-state index contributed by atoms with van der Waals surface area (Å²) >= 11 is 0. The molecule has 1 amide bonds. The summed E-state index contributed by atoms with van der Waals surface area (Å²) in [5.74, 6) is 0.0834. The molecule has 140 valence electrons. The molecular formula is C19H19N3O4S. The van der Waals surface area contributed by atoms with Crippen molar-refractivity contribution < 1.29 is 18.8 Å². The molecule has 0 aliphatic heterocycles. The van der Waals surface area contributed by atoms with Gasteiger partial charge in [0.15, 0.2) is 0 Å². The van der Waals surface area contributed by atoms with Crippen molar-refractivity contribution in [3.8, 4) is 11.5 Å². The molecule has 1 unspecified atom stereocenters. The van der Waals surface area contributed by atoms with Gasteiger partial charge < -0.3 is 15.2 Å². The largest absolute Gasteiger partial charge is 0.508 e. The molecule has 0 radical (unpaired) electrons. The Morgan fingerprint density at radius 1 is 1.22 bits per heavy atom. The number of carbonyl (C=O) groups excluding carboxylic acids is 1. The molecule has 3 rings (SSSR count). The molecule has 3 aromatic rings. The Morgan fingerprint density at radius 3 is 2.70 bits per heavy atom. The standard InChI is InChI=1S/C19H19N3O4S/c1-12(23)22-27(3,25)16-4-5-18-17(11-16)19(6-7-20-18)21-13-8-14(24)10-15(9-13)26-2/h4-11,24H,1-3H3,(H,20,21). The van der Waals surface area contributed by atoms with Gasteiger partial charge in [0.1, 0.15) is 11.5 Å². The number of nitrogens with zero attached hydrogens (tertiary/aromatic N) is 2. The van der Waals surface area contributed by atoms with Crippen molar-refractivity contribution in [2.24, 2.45) is 4.36 Å². The fourth-order valence-electron chi connectivity index (χ4n) is 2.70. The van der Waals surface area contributed by atoms with Gasteiger partial charge in [-0.05, 0) is 24.3 Å². The summed E-state index contributed by atoms with van der Waals surface area (Å²) in [5, 5.41) is 13.8. The van der Waals surface area contributed by atoms with E-state index >= 15 is 0 Å². The van der Waals surface area contributed by atoms with Crippen molar-refractivity contribution in [1.29, 1.82) is 0 Å². The minimum atomic E-state index is -2.85. The number of hydrogen-bond acceptors (Lipinski definition) is 6. The highest BCUT2D eigenvalue weighted by Gasteiger charge is 2.11. The van der Waals surface area contributed by atoms with Gasteiger partial charge in [0.05, 0.1) is 22.4 Å². The van der Waals surface area contributed by atoms with Crippen LogP contribution in [0.4, 0.5) is 11.4 Å². The fourth-order valence-corrected chi connectivity index (χ4v) is 3.95. The number of phenolic OH excluding ortho intramolecular Hbond substituents is 1. The van der Waals surface area contributed by atoms with E-state index in [-0.39, 0.29) is 5.75 Å². The molecule has 2 N–H and O–H groups in total. The quantitative estimate of drug-likeness (QED) is 0.710. The average Bonchev–Trinajstić information content (AvgIpc) is 2.60. The summed E-state index contributed by atoms with van der Waals surface area (Å²) in [6.45, 7) is 1.27. The van der Waals surface area contributed by atoms with Crippen LogP contribution in [0.25, 0.3) is 10.9 Å². The summed E-state index contributed by atoms with van der Waals surface area (Å²) in [5.41, 5.74) is 2.01. The molecule has 0 aliphatic rings. The van der Waals surface area contributed by atoms with Gasteiger partial charge in [-0.2, -0.15) is 4.36 Å². The zero-order valence-electron chi connectivity index (χ0n) is 15.1. The molecule has 0 saturated heterocycles. The van der Waals surface area contributed by atoms with E-state index in [0.717, 1.165) is 0 Å². The van der Waals surface area contributed by atoms with Crippen LogP contribution in [0.1, 0.15) is 6.92 Å². The number of fused-ring (bicyclic) bond motifs is 1. The van der Waals surface area contributed by atoms with Crippen molar-refractivity contribution in [2.75, 3.05) is 18.7 Å². The fraction of sp³-hybridized carbons (Fsp3) is 0.158. The van der Waals surface area contributed by atoms with Crippen LogP contribution in [0.15, 0.2) is 57.9 Å². The number of methoxy groups -OCH3 is 1. The molecule has 1 heterocycles. The van der Waals surface area contributed by atoms with Gasteiger partial charge in [-0.3, -0.25) is 9.78 Å². The van der Waals surface area contributed by atoms with E-state index < -0.39 is 15.6 Å². The Labute approximate surface area is 157 Å². The van der Waals surface area contributed by atoms with E-state index in [2.05, 4.69) is 14.7 Å². The number of rotatable bonds is 4. The molecular weight excluding hydrogens is 366 g/mol. The number of hydrogen-bond donors (Lipinski definition) is 2. The predicted octanol–water partition coefficient (Wildman–Crippen LogP) is 3.70. The maximum absolute atomic E-state index is 12.8. The highest BCUT2D eigenvalue weighted by atomic mass is 32.2. The SMILES string of the molecule is COc1cc(O)cc(Nc2ccnc3ccc(S(C)(=O)=NC(C)=O)cc23)c1. The Morgan fingerprint density at radius 2 is 2.00 bits per heavy atom. The summed E-state index contributed by atoms with van der Waals surface area (Å²) in [6, 6.07) is 11.7. The van der Waals surface area contributed by atoms with Gasteiger partial charge in [0.2, 0.25) is 0 Å². The molecule has 0 fully saturated rings. The zero-order chi connectivity index (χ0) is 19.6. The smallest absolute Gasteiger partial charge is 0.250 e. The van der Waals surface area contributed by atoms with Crippen LogP contribution >= 0.6 is 0 Å². The number of ether oxygens (including phenoxy) is 1. The summed E-state index contributed by atoms with van der Waals surface area (Å²) in [7, 11) is -1.33. The zero-order valence-corrected chi connectivity index (χ0v) is 15.9. The topological polar surface area (TPSA) is 101 Å². The van der Waals surface area contributed by atoms with Gasteiger partial charge in [0, 0.05) is 59.2 Å². The Hall–Kier alpha value is -3.13. The normalized spacial score (nSPS) is 13.0. The number of phenols is 1. The number of anilines is 2. The van der Waals surface area contributed by atoms with Crippen molar-refractivity contribution in [3.05, 3.63) is 48.7 Å². The third-order valence-electron chi connectivity index (χ3n) is 3.86. The monoisotopic (exact) mass is 385 g/mol. The maximum atomic E-state index is 12.8. The van der Waals surface area contributed by atoms with Crippen LogP contribution < -0.4 is 10.1 Å².